The lowest BCUT2D eigenvalue weighted by Gasteiger charge is -2.39. The Kier molecular flexibility index (Phi) is 2.93. The Morgan fingerprint density at radius 1 is 0.706 bits per heavy atom. The summed E-state index contributed by atoms with van der Waals surface area (Å²) in [4.78, 5) is 2.55. The standard InChI is InChI=1S/C16H17N/c1-3-8-14(9-4-1)16(17-12-7-13-17)15-10-5-2-6-11-15/h1-6,8-11,16H,7,12-13H2. The van der Waals surface area contributed by atoms with Crippen molar-refractivity contribution in [1.29, 1.82) is 0 Å². The Balaban J connectivity index is 1.98. The fraction of sp³-hybridized carbons (Fsp3) is 0.250. The summed E-state index contributed by atoms with van der Waals surface area (Å²) >= 11 is 0. The minimum Gasteiger partial charge on any atom is -0.292 e. The van der Waals surface area contributed by atoms with Crippen LogP contribution in [0.5, 0.6) is 0 Å². The van der Waals surface area contributed by atoms with E-state index in [-0.39, 0.29) is 0 Å². The van der Waals surface area contributed by atoms with E-state index in [1.165, 1.54) is 30.6 Å². The predicted molar refractivity (Wildman–Crippen MR) is 70.9 cm³/mol. The first-order valence-electron chi connectivity index (χ1n) is 6.29. The molecular weight excluding hydrogens is 206 g/mol. The fourth-order valence-electron chi connectivity index (χ4n) is 2.48. The van der Waals surface area contributed by atoms with E-state index in [1.54, 1.807) is 0 Å². The van der Waals surface area contributed by atoms with E-state index in [0.29, 0.717) is 6.04 Å². The minimum absolute atomic E-state index is 0.436. The summed E-state index contributed by atoms with van der Waals surface area (Å²) in [6.45, 7) is 2.43. The maximum Gasteiger partial charge on any atom is 0.0601 e. The van der Waals surface area contributed by atoms with E-state index >= 15 is 0 Å². The third kappa shape index (κ3) is 2.11. The van der Waals surface area contributed by atoms with Crippen LogP contribution < -0.4 is 0 Å². The average Bonchev–Trinajstić information content (AvgIpc) is 2.36. The zero-order valence-corrected chi connectivity index (χ0v) is 9.92. The van der Waals surface area contributed by atoms with Gasteiger partial charge in [0.25, 0.3) is 0 Å². The molecule has 3 rings (SSSR count). The first-order chi connectivity index (χ1) is 8.45. The Labute approximate surface area is 103 Å². The van der Waals surface area contributed by atoms with Crippen molar-refractivity contribution in [2.75, 3.05) is 13.1 Å². The van der Waals surface area contributed by atoms with Gasteiger partial charge in [0.1, 0.15) is 0 Å². The van der Waals surface area contributed by atoms with Crippen LogP contribution in [0.1, 0.15) is 23.6 Å². The highest BCUT2D eigenvalue weighted by Gasteiger charge is 2.26. The lowest BCUT2D eigenvalue weighted by molar-refractivity contribution is 0.140. The molecule has 1 saturated heterocycles. The minimum atomic E-state index is 0.436. The summed E-state index contributed by atoms with van der Waals surface area (Å²) in [5.74, 6) is 0. The molecule has 1 heteroatoms. The molecule has 17 heavy (non-hydrogen) atoms. The molecule has 0 N–H and O–H groups in total. The highest BCUT2D eigenvalue weighted by molar-refractivity contribution is 5.32. The first-order valence-corrected chi connectivity index (χ1v) is 6.29. The van der Waals surface area contributed by atoms with E-state index in [0.717, 1.165) is 0 Å². The average molecular weight is 223 g/mol. The molecular formula is C16H17N. The monoisotopic (exact) mass is 223 g/mol. The summed E-state index contributed by atoms with van der Waals surface area (Å²) in [6, 6.07) is 22.1. The molecule has 1 heterocycles. The van der Waals surface area contributed by atoms with Gasteiger partial charge in [-0.2, -0.15) is 0 Å². The SMILES string of the molecule is c1ccc(C(c2ccccc2)N2CCC2)cc1. The van der Waals surface area contributed by atoms with E-state index in [4.69, 9.17) is 0 Å². The Morgan fingerprint density at radius 2 is 1.18 bits per heavy atom. The van der Waals surface area contributed by atoms with Crippen LogP contribution >= 0.6 is 0 Å². The summed E-state index contributed by atoms with van der Waals surface area (Å²) in [6.07, 6.45) is 1.33. The fourth-order valence-corrected chi connectivity index (χ4v) is 2.48. The van der Waals surface area contributed by atoms with Crippen LogP contribution in [0.4, 0.5) is 0 Å². The van der Waals surface area contributed by atoms with Crippen molar-refractivity contribution >= 4 is 0 Å². The van der Waals surface area contributed by atoms with Crippen molar-refractivity contribution in [2.24, 2.45) is 0 Å². The molecule has 0 bridgehead atoms. The van der Waals surface area contributed by atoms with Gasteiger partial charge in [-0.3, -0.25) is 4.90 Å². The maximum atomic E-state index is 2.55. The molecule has 0 aliphatic carbocycles. The Morgan fingerprint density at radius 3 is 1.53 bits per heavy atom. The molecule has 2 aromatic carbocycles. The third-order valence-corrected chi connectivity index (χ3v) is 3.49. The molecule has 0 spiro atoms. The normalized spacial score (nSPS) is 15.8. The molecule has 86 valence electrons. The van der Waals surface area contributed by atoms with Gasteiger partial charge in [0, 0.05) is 13.1 Å². The molecule has 0 radical (unpaired) electrons. The van der Waals surface area contributed by atoms with Gasteiger partial charge >= 0.3 is 0 Å². The predicted octanol–water partition coefficient (Wildman–Crippen LogP) is 3.48. The van der Waals surface area contributed by atoms with Crippen LogP contribution in [-0.4, -0.2) is 18.0 Å². The van der Waals surface area contributed by atoms with Gasteiger partial charge in [0.05, 0.1) is 6.04 Å². The number of likely N-dealkylation sites (tertiary alicyclic amines) is 1. The van der Waals surface area contributed by atoms with Crippen molar-refractivity contribution in [3.8, 4) is 0 Å². The molecule has 1 nitrogen and oxygen atoms in total. The maximum absolute atomic E-state index is 2.55. The summed E-state index contributed by atoms with van der Waals surface area (Å²) in [5.41, 5.74) is 2.80. The van der Waals surface area contributed by atoms with Crippen molar-refractivity contribution in [1.82, 2.24) is 4.90 Å². The van der Waals surface area contributed by atoms with Crippen molar-refractivity contribution in [3.05, 3.63) is 71.8 Å². The molecule has 2 aromatic rings. The van der Waals surface area contributed by atoms with Crippen LogP contribution in [0, 0.1) is 0 Å². The lowest BCUT2D eigenvalue weighted by Crippen LogP contribution is -2.40. The van der Waals surface area contributed by atoms with Crippen LogP contribution in [0.2, 0.25) is 0 Å². The highest BCUT2D eigenvalue weighted by Crippen LogP contribution is 2.31. The largest absolute Gasteiger partial charge is 0.292 e. The van der Waals surface area contributed by atoms with Gasteiger partial charge in [-0.05, 0) is 17.5 Å². The first kappa shape index (κ1) is 10.5. The molecule has 1 aliphatic heterocycles. The molecule has 1 fully saturated rings. The van der Waals surface area contributed by atoms with Gasteiger partial charge in [0.15, 0.2) is 0 Å². The number of hydrogen-bond donors (Lipinski definition) is 0. The number of benzene rings is 2. The van der Waals surface area contributed by atoms with Gasteiger partial charge < -0.3 is 0 Å². The van der Waals surface area contributed by atoms with E-state index in [2.05, 4.69) is 65.6 Å². The van der Waals surface area contributed by atoms with Gasteiger partial charge in [-0.15, -0.1) is 0 Å². The zero-order valence-electron chi connectivity index (χ0n) is 9.92. The smallest absolute Gasteiger partial charge is 0.0601 e. The van der Waals surface area contributed by atoms with Crippen molar-refractivity contribution in [3.63, 3.8) is 0 Å². The van der Waals surface area contributed by atoms with Crippen LogP contribution in [0.25, 0.3) is 0 Å². The third-order valence-electron chi connectivity index (χ3n) is 3.49. The second kappa shape index (κ2) is 4.72. The van der Waals surface area contributed by atoms with Crippen LogP contribution in [0.3, 0.4) is 0 Å². The summed E-state index contributed by atoms with van der Waals surface area (Å²) < 4.78 is 0. The summed E-state index contributed by atoms with van der Waals surface area (Å²) in [7, 11) is 0. The van der Waals surface area contributed by atoms with Gasteiger partial charge in [-0.25, -0.2) is 0 Å². The second-order valence-electron chi connectivity index (χ2n) is 4.61. The van der Waals surface area contributed by atoms with Crippen molar-refractivity contribution < 1.29 is 0 Å². The number of rotatable bonds is 3. The lowest BCUT2D eigenvalue weighted by atomic mass is 9.95. The molecule has 0 saturated carbocycles. The van der Waals surface area contributed by atoms with Gasteiger partial charge in [-0.1, -0.05) is 60.7 Å². The molecule has 0 atom stereocenters. The second-order valence-corrected chi connectivity index (χ2v) is 4.61. The molecule has 0 aromatic heterocycles. The number of nitrogens with zero attached hydrogens (tertiary/aromatic N) is 1. The van der Waals surface area contributed by atoms with E-state index < -0.39 is 0 Å². The molecule has 0 unspecified atom stereocenters. The van der Waals surface area contributed by atoms with Crippen LogP contribution in [-0.2, 0) is 0 Å². The van der Waals surface area contributed by atoms with E-state index in [1.807, 2.05) is 0 Å². The zero-order chi connectivity index (χ0) is 11.5. The van der Waals surface area contributed by atoms with Crippen LogP contribution in [0.15, 0.2) is 60.7 Å². The number of hydrogen-bond acceptors (Lipinski definition) is 1. The quantitative estimate of drug-likeness (QED) is 0.770. The summed E-state index contributed by atoms with van der Waals surface area (Å²) in [5, 5.41) is 0. The van der Waals surface area contributed by atoms with Gasteiger partial charge in [0.2, 0.25) is 0 Å². The topological polar surface area (TPSA) is 3.24 Å². The molecule has 1 aliphatic rings. The van der Waals surface area contributed by atoms with E-state index in [9.17, 15) is 0 Å². The Bertz CT molecular complexity index is 420. The Hall–Kier alpha value is -1.60. The van der Waals surface area contributed by atoms with Crippen molar-refractivity contribution in [2.45, 2.75) is 12.5 Å². The highest BCUT2D eigenvalue weighted by atomic mass is 15.2. The molecule has 0 amide bonds.